The molecule has 2 amide bonds. The number of carboxylic acid groups (broad SMARTS) is 2. The highest BCUT2D eigenvalue weighted by atomic mass is 35.5. The maximum atomic E-state index is 13.2. The molecule has 1 unspecified atom stereocenters. The second-order valence-electron chi connectivity index (χ2n) is 9.24. The molecule has 7 N–H and O–H groups in total. The van der Waals surface area contributed by atoms with E-state index in [1.807, 2.05) is 0 Å². The predicted octanol–water partition coefficient (Wildman–Crippen LogP) is -0.232. The van der Waals surface area contributed by atoms with E-state index in [1.165, 1.54) is 18.7 Å². The van der Waals surface area contributed by atoms with Crippen molar-refractivity contribution in [1.29, 1.82) is 0 Å². The molecule has 16 nitrogen and oxygen atoms in total. The van der Waals surface area contributed by atoms with E-state index >= 15 is 0 Å². The second kappa shape index (κ2) is 11.1. The van der Waals surface area contributed by atoms with Gasteiger partial charge in [0.2, 0.25) is 12.1 Å². The van der Waals surface area contributed by atoms with Gasteiger partial charge >= 0.3 is 11.9 Å². The number of thiazole rings is 1. The molecule has 2 aliphatic rings. The van der Waals surface area contributed by atoms with Crippen molar-refractivity contribution in [2.75, 3.05) is 17.2 Å². The number of thioether (sulfide) groups is 1. The number of aliphatic carboxylic acids is 2. The lowest BCUT2D eigenvalue weighted by atomic mass is 10.0. The number of pyridine rings is 1. The largest absolute Gasteiger partial charge is 0.478 e. The minimum atomic E-state index is -1.41. The van der Waals surface area contributed by atoms with Crippen LogP contribution in [0.5, 0.6) is 0 Å². The number of β-lactam (4-membered cyclic amide) rings is 1. The van der Waals surface area contributed by atoms with E-state index in [0.717, 1.165) is 21.8 Å². The number of anilines is 2. The number of halogens is 1. The van der Waals surface area contributed by atoms with E-state index in [4.69, 9.17) is 33.0 Å². The van der Waals surface area contributed by atoms with Gasteiger partial charge in [0.15, 0.2) is 35.3 Å². The molecule has 42 heavy (non-hydrogen) atoms. The first-order valence-electron chi connectivity index (χ1n) is 12.1. The third-order valence-corrected chi connectivity index (χ3v) is 8.94. The summed E-state index contributed by atoms with van der Waals surface area (Å²) in [5, 5.41) is 24.6. The van der Waals surface area contributed by atoms with E-state index in [-0.39, 0.29) is 33.2 Å². The molecule has 5 heterocycles. The number of imidazole rings is 1. The number of nitrogens with zero attached hydrogens (tertiary/aromatic N) is 6. The predicted molar refractivity (Wildman–Crippen MR) is 151 cm³/mol. The van der Waals surface area contributed by atoms with Gasteiger partial charge in [0.25, 0.3) is 11.8 Å². The number of amides is 2. The lowest BCUT2D eigenvalue weighted by molar-refractivity contribution is -0.687. The summed E-state index contributed by atoms with van der Waals surface area (Å²) < 4.78 is 3.47. The van der Waals surface area contributed by atoms with Crippen LogP contribution >= 0.6 is 34.7 Å². The molecule has 19 heteroatoms. The monoisotopic (exact) mass is 636 g/mol. The summed E-state index contributed by atoms with van der Waals surface area (Å²) in [5.74, 6) is -3.63. The molecule has 0 aromatic carbocycles. The fourth-order valence-corrected chi connectivity index (χ4v) is 6.64. The number of aromatic nitrogens is 4. The van der Waals surface area contributed by atoms with Crippen molar-refractivity contribution in [3.8, 4) is 0 Å². The number of aryl methyl sites for hydroxylation is 1. The molecule has 0 saturated carbocycles. The van der Waals surface area contributed by atoms with Crippen LogP contribution in [0.25, 0.3) is 11.0 Å². The summed E-state index contributed by atoms with van der Waals surface area (Å²) in [7, 11) is 1.78. The van der Waals surface area contributed by atoms with Crippen molar-refractivity contribution in [2.45, 2.75) is 31.0 Å². The van der Waals surface area contributed by atoms with E-state index in [2.05, 4.69) is 20.4 Å². The summed E-state index contributed by atoms with van der Waals surface area (Å²) in [5.41, 5.74) is 12.6. The number of oxime groups is 1. The van der Waals surface area contributed by atoms with E-state index < -0.39 is 47.0 Å². The average molecular weight is 637 g/mol. The molecule has 3 atom stereocenters. The second-order valence-corrected chi connectivity index (χ2v) is 12.0. The van der Waals surface area contributed by atoms with Crippen molar-refractivity contribution >= 4 is 86.3 Å². The molecule has 220 valence electrons. The summed E-state index contributed by atoms with van der Waals surface area (Å²) >= 11 is 8.27. The molecule has 0 spiro atoms. The zero-order valence-corrected chi connectivity index (χ0v) is 24.2. The topological polar surface area (TPSA) is 232 Å². The van der Waals surface area contributed by atoms with Gasteiger partial charge in [-0.1, -0.05) is 28.1 Å². The fraction of sp³-hybridized carbons (Fsp3) is 0.304. The van der Waals surface area contributed by atoms with E-state index in [0.29, 0.717) is 17.0 Å². The first-order valence-corrected chi connectivity index (χ1v) is 14.3. The van der Waals surface area contributed by atoms with E-state index in [1.54, 1.807) is 34.6 Å². The molecule has 0 aliphatic carbocycles. The highest BCUT2D eigenvalue weighted by molar-refractivity contribution is 8.00. The Morgan fingerprint density at radius 1 is 1.33 bits per heavy atom. The normalized spacial score (nSPS) is 19.4. The molecular formula is C23H23ClN9O7S2+. The molecular weight excluding hydrogens is 614 g/mol. The van der Waals surface area contributed by atoms with E-state index in [9.17, 15) is 24.3 Å². The highest BCUT2D eigenvalue weighted by Crippen LogP contribution is 2.40. The lowest BCUT2D eigenvalue weighted by Crippen LogP contribution is -2.71. The van der Waals surface area contributed by atoms with Crippen LogP contribution in [0.15, 0.2) is 34.9 Å². The Morgan fingerprint density at radius 3 is 2.71 bits per heavy atom. The summed E-state index contributed by atoms with van der Waals surface area (Å²) in [6.07, 6.45) is 2.09. The number of carbonyl (C=O) groups is 4. The smallest absolute Gasteiger partial charge is 0.352 e. The Kier molecular flexibility index (Phi) is 7.69. The standard InChI is InChI=1S/C23H22ClN9O7S2/c1-8(20(36)37)40-30-13(12-16(24)42-23(26)29-12)17(34)28-14-18(35)33-15(21(38)39)9(7-41-19(14)33)5-32-4-3-11-10(6-32)27-22(25)31(11)2/h3-4,6,8,14,19H,5,7H2,1-2H3,(H6-,25,26,27,28,29,34,36,37,38,39)/p+1/t8-,14+,19?/m0/s1. The van der Waals surface area contributed by atoms with Gasteiger partial charge in [-0.05, 0) is 6.92 Å². The van der Waals surface area contributed by atoms with Crippen molar-refractivity contribution in [1.82, 2.24) is 24.8 Å². The molecule has 1 fully saturated rings. The number of fused-ring (bicyclic) bond motifs is 2. The maximum Gasteiger partial charge on any atom is 0.352 e. The fourth-order valence-electron chi connectivity index (χ4n) is 4.37. The molecule has 0 bridgehead atoms. The molecule has 0 radical (unpaired) electrons. The molecule has 5 rings (SSSR count). The minimum Gasteiger partial charge on any atom is -0.478 e. The zero-order chi connectivity index (χ0) is 30.5. The first kappa shape index (κ1) is 29.1. The van der Waals surface area contributed by atoms with Gasteiger partial charge < -0.3 is 36.4 Å². The zero-order valence-electron chi connectivity index (χ0n) is 21.8. The Labute approximate surface area is 249 Å². The van der Waals surface area contributed by atoms with Crippen LogP contribution in [0.3, 0.4) is 0 Å². The Hall–Kier alpha value is -4.42. The van der Waals surface area contributed by atoms with Crippen molar-refractivity contribution in [3.63, 3.8) is 0 Å². The number of carboxylic acids is 2. The number of nitrogen functional groups attached to an aromatic ring is 2. The van der Waals surface area contributed by atoms with Gasteiger partial charge in [-0.15, -0.1) is 11.8 Å². The number of rotatable bonds is 9. The molecule has 3 aromatic heterocycles. The van der Waals surface area contributed by atoms with Crippen molar-refractivity contribution in [3.05, 3.63) is 39.8 Å². The van der Waals surface area contributed by atoms with Gasteiger partial charge in [-0.2, -0.15) is 4.57 Å². The third kappa shape index (κ3) is 5.19. The van der Waals surface area contributed by atoms with Crippen LogP contribution in [-0.4, -0.2) is 82.4 Å². The third-order valence-electron chi connectivity index (χ3n) is 6.52. The summed E-state index contributed by atoms with van der Waals surface area (Å²) in [4.78, 5) is 64.2. The summed E-state index contributed by atoms with van der Waals surface area (Å²) in [6.45, 7) is 1.37. The highest BCUT2D eigenvalue weighted by Gasteiger charge is 2.55. The van der Waals surface area contributed by atoms with Gasteiger partial charge in [0.05, 0.1) is 5.52 Å². The molecule has 1 saturated heterocycles. The first-order chi connectivity index (χ1) is 19.9. The van der Waals surface area contributed by atoms with Gasteiger partial charge in [-0.25, -0.2) is 19.6 Å². The Morgan fingerprint density at radius 2 is 2.07 bits per heavy atom. The van der Waals surface area contributed by atoms with Crippen LogP contribution in [0.1, 0.15) is 12.6 Å². The van der Waals surface area contributed by atoms with Crippen LogP contribution in [0, 0.1) is 0 Å². The number of hydrogen-bond acceptors (Lipinski definition) is 12. The Bertz CT molecular complexity index is 1720. The number of carbonyl (C=O) groups excluding carboxylic acids is 2. The van der Waals surface area contributed by atoms with Gasteiger partial charge in [-0.3, -0.25) is 14.5 Å². The van der Waals surface area contributed by atoms with Crippen LogP contribution in [0.4, 0.5) is 11.1 Å². The van der Waals surface area contributed by atoms with Gasteiger partial charge in [0.1, 0.15) is 27.1 Å². The van der Waals surface area contributed by atoms with Crippen molar-refractivity contribution < 1.29 is 38.8 Å². The maximum absolute atomic E-state index is 13.2. The molecule has 3 aromatic rings. The van der Waals surface area contributed by atoms with Crippen molar-refractivity contribution in [2.24, 2.45) is 12.2 Å². The average Bonchev–Trinajstić information content (AvgIpc) is 3.42. The van der Waals surface area contributed by atoms with Crippen LogP contribution < -0.4 is 21.4 Å². The molecule has 2 aliphatic heterocycles. The summed E-state index contributed by atoms with van der Waals surface area (Å²) in [6, 6.07) is 0.692. The van der Waals surface area contributed by atoms with Crippen LogP contribution in [-0.2, 0) is 37.6 Å². The SMILES string of the molecule is C[C@H](ON=C(C(=O)N[C@@H]1C(=O)N2C(C(=O)O)=C(C[n+]3ccc4c(c3)nc(N)n4C)CSC12)c1nc(N)sc1Cl)C(=O)O. The Balaban J connectivity index is 1.37. The van der Waals surface area contributed by atoms with Crippen LogP contribution in [0.2, 0.25) is 4.34 Å². The minimum absolute atomic E-state index is 0.00797. The lowest BCUT2D eigenvalue weighted by Gasteiger charge is -2.49. The number of nitrogens with two attached hydrogens (primary N) is 2. The quantitative estimate of drug-likeness (QED) is 0.0887. The number of hydrogen-bond donors (Lipinski definition) is 5. The number of nitrogens with one attached hydrogen (secondary N) is 1. The van der Waals surface area contributed by atoms with Gasteiger partial charge in [0, 0.05) is 24.4 Å².